The van der Waals surface area contributed by atoms with Gasteiger partial charge in [0, 0.05) is 0 Å². The van der Waals surface area contributed by atoms with Crippen molar-refractivity contribution >= 4 is 45.3 Å². The topological polar surface area (TPSA) is 105 Å². The third-order valence-corrected chi connectivity index (χ3v) is 5.83. The number of benzene rings is 3. The van der Waals surface area contributed by atoms with Crippen molar-refractivity contribution in [1.29, 1.82) is 5.26 Å². The average Bonchev–Trinajstić information content (AvgIpc) is 2.71. The van der Waals surface area contributed by atoms with Crippen molar-refractivity contribution in [1.82, 2.24) is 0 Å². The van der Waals surface area contributed by atoms with Crippen LogP contribution in [0.25, 0.3) is 0 Å². The quantitative estimate of drug-likeness (QED) is 0.538. The Labute approximate surface area is 180 Å². The number of hydrogen-bond donors (Lipinski definition) is 2. The number of nitriles is 1. The highest BCUT2D eigenvalue weighted by molar-refractivity contribution is 7.81. The zero-order chi connectivity index (χ0) is 21.8. The molecule has 3 aromatic carbocycles. The van der Waals surface area contributed by atoms with E-state index >= 15 is 0 Å². The molecule has 0 fully saturated rings. The van der Waals surface area contributed by atoms with Gasteiger partial charge in [0.15, 0.2) is 0 Å². The van der Waals surface area contributed by atoms with Crippen LogP contribution in [0.4, 0.5) is 22.7 Å². The third kappa shape index (κ3) is 4.58. The van der Waals surface area contributed by atoms with Gasteiger partial charge in [-0.3, -0.25) is 9.11 Å². The third-order valence-electron chi connectivity index (χ3n) is 4.39. The van der Waals surface area contributed by atoms with Crippen LogP contribution in [0.1, 0.15) is 16.7 Å². The number of hydrogen-bond acceptors (Lipinski definition) is 3. The maximum Gasteiger partial charge on any atom is 0.266 e. The Bertz CT molecular complexity index is 1140. The van der Waals surface area contributed by atoms with Crippen molar-refractivity contribution < 1.29 is 17.5 Å². The predicted octanol–water partition coefficient (Wildman–Crippen LogP) is 4.72. The van der Waals surface area contributed by atoms with Gasteiger partial charge in [-0.1, -0.05) is 35.4 Å². The molecule has 3 aromatic rings. The fourth-order valence-electron chi connectivity index (χ4n) is 2.91. The summed E-state index contributed by atoms with van der Waals surface area (Å²) in [6.45, 7) is 3.78. The molecule has 0 heterocycles. The monoisotopic (exact) mass is 441 g/mol. The smallest absolute Gasteiger partial charge is 0.266 e. The Morgan fingerprint density at radius 1 is 0.733 bits per heavy atom. The van der Waals surface area contributed by atoms with Gasteiger partial charge in [0.2, 0.25) is 0 Å². The van der Waals surface area contributed by atoms with Gasteiger partial charge >= 0.3 is 0 Å². The van der Waals surface area contributed by atoms with E-state index < -0.39 is 22.5 Å². The normalized spacial score (nSPS) is 12.6. The van der Waals surface area contributed by atoms with Gasteiger partial charge < -0.3 is 0 Å². The summed E-state index contributed by atoms with van der Waals surface area (Å²) in [7, 11) is 0. The summed E-state index contributed by atoms with van der Waals surface area (Å²) in [5.41, 5.74) is 3.32. The van der Waals surface area contributed by atoms with E-state index in [0.717, 1.165) is 19.7 Å². The van der Waals surface area contributed by atoms with E-state index in [0.29, 0.717) is 11.4 Å². The molecule has 0 aromatic heterocycles. The first-order valence-corrected chi connectivity index (χ1v) is 10.9. The molecule has 0 amide bonds. The molecule has 2 atom stereocenters. The lowest BCUT2D eigenvalue weighted by molar-refractivity contribution is 0.562. The first-order valence-electron chi connectivity index (χ1n) is 8.81. The summed E-state index contributed by atoms with van der Waals surface area (Å²) in [5.74, 6) is 0. The summed E-state index contributed by atoms with van der Waals surface area (Å²) >= 11 is -4.98. The van der Waals surface area contributed by atoms with E-state index in [1.54, 1.807) is 48.5 Å². The Hall–Kier alpha value is -3.03. The number of nitrogens with zero attached hydrogens (tertiary/aromatic N) is 3. The maximum atomic E-state index is 12.3. The van der Waals surface area contributed by atoms with Gasteiger partial charge in [-0.25, -0.2) is 17.0 Å². The highest BCUT2D eigenvalue weighted by Gasteiger charge is 2.25. The van der Waals surface area contributed by atoms with Crippen LogP contribution in [0.2, 0.25) is 0 Å². The van der Waals surface area contributed by atoms with Crippen molar-refractivity contribution in [3.63, 3.8) is 0 Å². The molecular formula is C21H19N3O4S2. The molecule has 0 aliphatic carbocycles. The van der Waals surface area contributed by atoms with Crippen LogP contribution < -0.4 is 8.61 Å². The van der Waals surface area contributed by atoms with Crippen LogP contribution in [-0.2, 0) is 22.5 Å². The molecule has 154 valence electrons. The minimum atomic E-state index is -2.51. The van der Waals surface area contributed by atoms with Crippen LogP contribution >= 0.6 is 0 Å². The second-order valence-electron chi connectivity index (χ2n) is 6.54. The van der Waals surface area contributed by atoms with E-state index in [-0.39, 0.29) is 16.9 Å². The fraction of sp³-hybridized carbons (Fsp3) is 0.0952. The molecule has 0 aliphatic heterocycles. The van der Waals surface area contributed by atoms with Crippen molar-refractivity contribution in [2.75, 3.05) is 8.61 Å². The van der Waals surface area contributed by atoms with E-state index in [4.69, 9.17) is 0 Å². The molecule has 0 radical (unpaired) electrons. The van der Waals surface area contributed by atoms with Crippen molar-refractivity contribution in [2.24, 2.45) is 0 Å². The molecule has 0 saturated carbocycles. The summed E-state index contributed by atoms with van der Waals surface area (Å²) in [6, 6.07) is 20.2. The first-order chi connectivity index (χ1) is 14.3. The minimum Gasteiger partial charge on any atom is -0.289 e. The lowest BCUT2D eigenvalue weighted by Crippen LogP contribution is -2.25. The summed E-state index contributed by atoms with van der Waals surface area (Å²) < 4.78 is 46.9. The molecule has 7 nitrogen and oxygen atoms in total. The average molecular weight is 442 g/mol. The predicted molar refractivity (Wildman–Crippen MR) is 119 cm³/mol. The van der Waals surface area contributed by atoms with Gasteiger partial charge in [-0.15, -0.1) is 0 Å². The van der Waals surface area contributed by atoms with E-state index in [1.807, 2.05) is 19.9 Å². The van der Waals surface area contributed by atoms with Gasteiger partial charge in [0.05, 0.1) is 34.4 Å². The van der Waals surface area contributed by atoms with Gasteiger partial charge in [-0.2, -0.15) is 5.26 Å². The molecule has 0 saturated heterocycles. The van der Waals surface area contributed by atoms with Crippen LogP contribution in [0.3, 0.4) is 0 Å². The standard InChI is InChI=1S/C21H19N3O4S2/c1-15-3-8-18(9-4-15)23(29(25)26)20-12-7-17(14-22)13-21(20)24(30(27)28)19-10-5-16(2)6-11-19/h3-13H,1-2H3,(H,25,26)(H,27,28). The minimum absolute atomic E-state index is 0.140. The molecule has 3 rings (SSSR count). The van der Waals surface area contributed by atoms with Crippen LogP contribution in [0.15, 0.2) is 66.7 Å². The second-order valence-corrected chi connectivity index (χ2v) is 8.19. The van der Waals surface area contributed by atoms with Crippen LogP contribution in [0, 0.1) is 25.2 Å². The SMILES string of the molecule is Cc1ccc(N(c2ccc(C#N)cc2N(c2ccc(C)cc2)S(=O)O)S(=O)O)cc1. The Morgan fingerprint density at radius 2 is 1.17 bits per heavy atom. The number of aryl methyl sites for hydroxylation is 2. The molecule has 30 heavy (non-hydrogen) atoms. The van der Waals surface area contributed by atoms with Crippen LogP contribution in [0.5, 0.6) is 0 Å². The molecule has 2 unspecified atom stereocenters. The summed E-state index contributed by atoms with van der Waals surface area (Å²) in [6.07, 6.45) is 0. The van der Waals surface area contributed by atoms with Gasteiger partial charge in [0.25, 0.3) is 22.5 Å². The van der Waals surface area contributed by atoms with Gasteiger partial charge in [0.1, 0.15) is 0 Å². The van der Waals surface area contributed by atoms with Gasteiger partial charge in [-0.05, 0) is 56.3 Å². The Balaban J connectivity index is 2.26. The lowest BCUT2D eigenvalue weighted by Gasteiger charge is -2.28. The van der Waals surface area contributed by atoms with Crippen molar-refractivity contribution in [3.8, 4) is 6.07 Å². The summed E-state index contributed by atoms with van der Waals surface area (Å²) in [4.78, 5) is 0. The zero-order valence-electron chi connectivity index (χ0n) is 16.2. The molecule has 0 bridgehead atoms. The molecule has 2 N–H and O–H groups in total. The Kier molecular flexibility index (Phi) is 6.64. The maximum absolute atomic E-state index is 12.3. The summed E-state index contributed by atoms with van der Waals surface area (Å²) in [5, 5.41) is 9.35. The number of rotatable bonds is 6. The highest BCUT2D eigenvalue weighted by Crippen LogP contribution is 2.40. The highest BCUT2D eigenvalue weighted by atomic mass is 32.2. The molecule has 0 aliphatic rings. The van der Waals surface area contributed by atoms with E-state index in [9.17, 15) is 22.8 Å². The van der Waals surface area contributed by atoms with Crippen molar-refractivity contribution in [3.05, 3.63) is 83.4 Å². The lowest BCUT2D eigenvalue weighted by atomic mass is 10.1. The first kappa shape index (κ1) is 21.7. The molecule has 0 spiro atoms. The van der Waals surface area contributed by atoms with Crippen LogP contribution in [-0.4, -0.2) is 17.5 Å². The largest absolute Gasteiger partial charge is 0.289 e. The molecular weight excluding hydrogens is 422 g/mol. The molecule has 9 heteroatoms. The Morgan fingerprint density at radius 3 is 1.57 bits per heavy atom. The second kappa shape index (κ2) is 9.19. The van der Waals surface area contributed by atoms with E-state index in [2.05, 4.69) is 0 Å². The fourth-order valence-corrected chi connectivity index (χ4v) is 4.16. The zero-order valence-corrected chi connectivity index (χ0v) is 17.9. The van der Waals surface area contributed by atoms with Crippen molar-refractivity contribution in [2.45, 2.75) is 13.8 Å². The van der Waals surface area contributed by atoms with E-state index in [1.165, 1.54) is 18.2 Å². The number of anilines is 4.